The van der Waals surface area contributed by atoms with E-state index < -0.39 is 0 Å². The zero-order valence-electron chi connectivity index (χ0n) is 11.2. The van der Waals surface area contributed by atoms with Gasteiger partial charge in [-0.15, -0.1) is 0 Å². The van der Waals surface area contributed by atoms with Crippen molar-refractivity contribution in [3.8, 4) is 0 Å². The summed E-state index contributed by atoms with van der Waals surface area (Å²) < 4.78 is 0. The fraction of sp³-hybridized carbons (Fsp3) is 1.00. The van der Waals surface area contributed by atoms with Gasteiger partial charge in [-0.1, -0.05) is 0 Å². The molecule has 4 heterocycles. The van der Waals surface area contributed by atoms with Crippen LogP contribution in [0.1, 0.15) is 25.7 Å². The topological polar surface area (TPSA) is 18.5 Å². The van der Waals surface area contributed by atoms with Crippen LogP contribution in [0, 0.1) is 11.8 Å². The first-order valence-corrected chi connectivity index (χ1v) is 7.45. The van der Waals surface area contributed by atoms with E-state index in [9.17, 15) is 0 Å². The molecule has 98 valence electrons. The Bertz CT molecular complexity index is 240. The first-order chi connectivity index (χ1) is 8.31. The highest BCUT2D eigenvalue weighted by Gasteiger charge is 2.33. The molecule has 17 heavy (non-hydrogen) atoms. The third-order valence-corrected chi connectivity index (χ3v) is 5.16. The van der Waals surface area contributed by atoms with Crippen molar-refractivity contribution in [1.82, 2.24) is 15.1 Å². The molecule has 0 aliphatic carbocycles. The van der Waals surface area contributed by atoms with E-state index >= 15 is 0 Å². The summed E-state index contributed by atoms with van der Waals surface area (Å²) in [7, 11) is 2.25. The molecule has 4 fully saturated rings. The number of likely N-dealkylation sites (tertiary alicyclic amines) is 1. The molecule has 0 amide bonds. The van der Waals surface area contributed by atoms with Crippen LogP contribution in [0.4, 0.5) is 0 Å². The van der Waals surface area contributed by atoms with Crippen LogP contribution in [0.3, 0.4) is 0 Å². The molecule has 0 aromatic carbocycles. The maximum Gasteiger partial charge on any atom is 0.0224 e. The van der Waals surface area contributed by atoms with Crippen molar-refractivity contribution in [2.75, 3.05) is 46.3 Å². The van der Waals surface area contributed by atoms with Gasteiger partial charge >= 0.3 is 0 Å². The molecule has 4 rings (SSSR count). The Labute approximate surface area is 106 Å². The van der Waals surface area contributed by atoms with E-state index in [2.05, 4.69) is 22.2 Å². The molecule has 0 radical (unpaired) electrons. The van der Waals surface area contributed by atoms with Gasteiger partial charge in [-0.3, -0.25) is 0 Å². The molecule has 4 aliphatic rings. The monoisotopic (exact) mass is 237 g/mol. The SMILES string of the molecule is CN1CCC(CNC2CN3CCC2CC3)CC1. The minimum absolute atomic E-state index is 0.803. The number of piperidine rings is 4. The molecule has 1 atom stereocenters. The summed E-state index contributed by atoms with van der Waals surface area (Å²) in [6.45, 7) is 7.90. The Morgan fingerprint density at radius 1 is 1.00 bits per heavy atom. The highest BCUT2D eigenvalue weighted by Crippen LogP contribution is 2.27. The van der Waals surface area contributed by atoms with Crippen LogP contribution in [0.2, 0.25) is 0 Å². The van der Waals surface area contributed by atoms with Gasteiger partial charge in [0.15, 0.2) is 0 Å². The molecule has 4 aliphatic heterocycles. The molecule has 3 heteroatoms. The van der Waals surface area contributed by atoms with Crippen molar-refractivity contribution < 1.29 is 0 Å². The zero-order valence-corrected chi connectivity index (χ0v) is 11.2. The molecule has 4 saturated heterocycles. The molecule has 2 bridgehead atoms. The lowest BCUT2D eigenvalue weighted by Crippen LogP contribution is -2.56. The van der Waals surface area contributed by atoms with Gasteiger partial charge in [0, 0.05) is 12.6 Å². The minimum atomic E-state index is 0.803. The standard InChI is InChI=1S/C14H27N3/c1-16-6-2-12(3-7-16)10-15-14-11-17-8-4-13(14)5-9-17/h12-15H,2-11H2,1H3. The smallest absolute Gasteiger partial charge is 0.0224 e. The second-order valence-corrected chi connectivity index (χ2v) is 6.40. The molecule has 1 N–H and O–H groups in total. The summed E-state index contributed by atoms with van der Waals surface area (Å²) in [5.74, 6) is 1.91. The van der Waals surface area contributed by atoms with Crippen LogP contribution >= 0.6 is 0 Å². The van der Waals surface area contributed by atoms with E-state index in [1.807, 2.05) is 0 Å². The summed E-state index contributed by atoms with van der Waals surface area (Å²) >= 11 is 0. The Balaban J connectivity index is 1.42. The van der Waals surface area contributed by atoms with Crippen LogP contribution < -0.4 is 5.32 Å². The summed E-state index contributed by atoms with van der Waals surface area (Å²) in [6.07, 6.45) is 5.66. The number of fused-ring (bicyclic) bond motifs is 3. The Kier molecular flexibility index (Phi) is 3.69. The molecular weight excluding hydrogens is 210 g/mol. The molecule has 3 nitrogen and oxygen atoms in total. The van der Waals surface area contributed by atoms with Crippen molar-refractivity contribution in [2.24, 2.45) is 11.8 Å². The van der Waals surface area contributed by atoms with Gasteiger partial charge in [-0.05, 0) is 77.3 Å². The molecule has 0 spiro atoms. The minimum Gasteiger partial charge on any atom is -0.312 e. The molecule has 0 saturated carbocycles. The van der Waals surface area contributed by atoms with Gasteiger partial charge < -0.3 is 15.1 Å². The lowest BCUT2D eigenvalue weighted by molar-refractivity contribution is 0.0686. The van der Waals surface area contributed by atoms with Crippen molar-refractivity contribution in [3.05, 3.63) is 0 Å². The third kappa shape index (κ3) is 2.83. The number of hydrogen-bond acceptors (Lipinski definition) is 3. The van der Waals surface area contributed by atoms with E-state index in [1.54, 1.807) is 0 Å². The Morgan fingerprint density at radius 3 is 2.29 bits per heavy atom. The summed E-state index contributed by atoms with van der Waals surface area (Å²) in [6, 6.07) is 0.803. The van der Waals surface area contributed by atoms with E-state index in [1.165, 1.54) is 65.0 Å². The second kappa shape index (κ2) is 5.25. The van der Waals surface area contributed by atoms with Gasteiger partial charge in [0.1, 0.15) is 0 Å². The van der Waals surface area contributed by atoms with Gasteiger partial charge in [-0.2, -0.15) is 0 Å². The van der Waals surface area contributed by atoms with Crippen molar-refractivity contribution in [1.29, 1.82) is 0 Å². The van der Waals surface area contributed by atoms with Crippen LogP contribution in [-0.2, 0) is 0 Å². The first kappa shape index (κ1) is 11.9. The van der Waals surface area contributed by atoms with Crippen LogP contribution in [0.5, 0.6) is 0 Å². The van der Waals surface area contributed by atoms with Gasteiger partial charge in [0.2, 0.25) is 0 Å². The third-order valence-electron chi connectivity index (χ3n) is 5.16. The Hall–Kier alpha value is -0.120. The molecular formula is C14H27N3. The van der Waals surface area contributed by atoms with Crippen molar-refractivity contribution in [3.63, 3.8) is 0 Å². The van der Waals surface area contributed by atoms with Crippen LogP contribution in [0.25, 0.3) is 0 Å². The van der Waals surface area contributed by atoms with E-state index in [4.69, 9.17) is 0 Å². The van der Waals surface area contributed by atoms with Crippen molar-refractivity contribution in [2.45, 2.75) is 31.7 Å². The van der Waals surface area contributed by atoms with E-state index in [0.717, 1.165) is 17.9 Å². The molecule has 0 aromatic heterocycles. The summed E-state index contributed by atoms with van der Waals surface area (Å²) in [5.41, 5.74) is 0. The normalized spacial score (nSPS) is 39.7. The first-order valence-electron chi connectivity index (χ1n) is 7.45. The summed E-state index contributed by atoms with van der Waals surface area (Å²) in [4.78, 5) is 5.11. The number of nitrogens with zero attached hydrogens (tertiary/aromatic N) is 2. The predicted octanol–water partition coefficient (Wildman–Crippen LogP) is 1.01. The highest BCUT2D eigenvalue weighted by molar-refractivity contribution is 4.91. The summed E-state index contributed by atoms with van der Waals surface area (Å²) in [5, 5.41) is 3.88. The van der Waals surface area contributed by atoms with Gasteiger partial charge in [0.05, 0.1) is 0 Å². The zero-order chi connectivity index (χ0) is 11.7. The van der Waals surface area contributed by atoms with Gasteiger partial charge in [0.25, 0.3) is 0 Å². The average Bonchev–Trinajstić information content (AvgIpc) is 2.39. The van der Waals surface area contributed by atoms with Crippen molar-refractivity contribution >= 4 is 0 Å². The van der Waals surface area contributed by atoms with Crippen LogP contribution in [-0.4, -0.2) is 62.2 Å². The lowest BCUT2D eigenvalue weighted by atomic mass is 9.83. The van der Waals surface area contributed by atoms with E-state index in [0.29, 0.717) is 0 Å². The molecule has 0 aromatic rings. The largest absolute Gasteiger partial charge is 0.312 e. The lowest BCUT2D eigenvalue weighted by Gasteiger charge is -2.45. The Morgan fingerprint density at radius 2 is 1.71 bits per heavy atom. The molecule has 1 unspecified atom stereocenters. The fourth-order valence-electron chi connectivity index (χ4n) is 3.78. The van der Waals surface area contributed by atoms with Gasteiger partial charge in [-0.25, -0.2) is 0 Å². The van der Waals surface area contributed by atoms with E-state index in [-0.39, 0.29) is 0 Å². The predicted molar refractivity (Wildman–Crippen MR) is 71.2 cm³/mol. The number of hydrogen-bond donors (Lipinski definition) is 1. The number of rotatable bonds is 3. The number of nitrogens with one attached hydrogen (secondary N) is 1. The van der Waals surface area contributed by atoms with Crippen LogP contribution in [0.15, 0.2) is 0 Å². The quantitative estimate of drug-likeness (QED) is 0.790. The maximum absolute atomic E-state index is 3.88. The highest BCUT2D eigenvalue weighted by atomic mass is 15.2. The average molecular weight is 237 g/mol. The second-order valence-electron chi connectivity index (χ2n) is 6.40. The maximum atomic E-state index is 3.88. The fourth-order valence-corrected chi connectivity index (χ4v) is 3.78.